The lowest BCUT2D eigenvalue weighted by molar-refractivity contribution is -0.121. The summed E-state index contributed by atoms with van der Waals surface area (Å²) in [5.41, 5.74) is 0.815. The van der Waals surface area contributed by atoms with Crippen molar-refractivity contribution in [1.29, 1.82) is 0 Å². The smallest absolute Gasteiger partial charge is 0.242 e. The van der Waals surface area contributed by atoms with Crippen molar-refractivity contribution in [1.82, 2.24) is 9.62 Å². The fraction of sp³-hybridized carbons (Fsp3) is 0.316. The topological polar surface area (TPSA) is 75.7 Å². The molecule has 152 valence electrons. The number of hydrogen-bond donors (Lipinski definition) is 1. The van der Waals surface area contributed by atoms with Gasteiger partial charge in [0.15, 0.2) is 0 Å². The van der Waals surface area contributed by atoms with Gasteiger partial charge in [0.1, 0.15) is 5.75 Å². The van der Waals surface area contributed by atoms with E-state index in [4.69, 9.17) is 27.9 Å². The van der Waals surface area contributed by atoms with Crippen LogP contribution in [-0.2, 0) is 21.4 Å². The minimum Gasteiger partial charge on any atom is -0.492 e. The van der Waals surface area contributed by atoms with Crippen molar-refractivity contribution in [3.05, 3.63) is 58.1 Å². The zero-order valence-corrected chi connectivity index (χ0v) is 17.9. The monoisotopic (exact) mass is 444 g/mol. The molecule has 9 heteroatoms. The highest BCUT2D eigenvalue weighted by Gasteiger charge is 2.16. The van der Waals surface area contributed by atoms with E-state index in [-0.39, 0.29) is 10.8 Å². The van der Waals surface area contributed by atoms with Crippen molar-refractivity contribution in [2.45, 2.75) is 24.3 Å². The number of nitrogens with zero attached hydrogens (tertiary/aromatic N) is 1. The van der Waals surface area contributed by atoms with Crippen molar-refractivity contribution in [3.63, 3.8) is 0 Å². The van der Waals surface area contributed by atoms with E-state index in [1.54, 1.807) is 30.3 Å². The molecule has 0 aliphatic carbocycles. The summed E-state index contributed by atoms with van der Waals surface area (Å²) in [4.78, 5) is 12.2. The predicted octanol–water partition coefficient (Wildman–Crippen LogP) is 3.72. The van der Waals surface area contributed by atoms with Crippen LogP contribution in [-0.4, -0.2) is 39.3 Å². The van der Waals surface area contributed by atoms with E-state index in [1.807, 2.05) is 0 Å². The van der Waals surface area contributed by atoms with E-state index in [2.05, 4.69) is 5.32 Å². The van der Waals surface area contributed by atoms with Crippen molar-refractivity contribution in [3.8, 4) is 5.75 Å². The van der Waals surface area contributed by atoms with Crippen LogP contribution >= 0.6 is 23.2 Å². The number of hydrogen-bond acceptors (Lipinski definition) is 4. The highest BCUT2D eigenvalue weighted by molar-refractivity contribution is 7.89. The maximum Gasteiger partial charge on any atom is 0.242 e. The van der Waals surface area contributed by atoms with Crippen LogP contribution in [0.5, 0.6) is 5.75 Å². The summed E-state index contributed by atoms with van der Waals surface area (Å²) >= 11 is 11.8. The molecular weight excluding hydrogens is 423 g/mol. The molecule has 1 amide bonds. The Bertz CT molecular complexity index is 916. The molecule has 0 spiro atoms. The van der Waals surface area contributed by atoms with Crippen molar-refractivity contribution < 1.29 is 17.9 Å². The molecule has 0 aliphatic rings. The summed E-state index contributed by atoms with van der Waals surface area (Å²) in [6.45, 7) is 0.677. The first-order chi connectivity index (χ1) is 13.2. The van der Waals surface area contributed by atoms with Crippen LogP contribution in [0, 0.1) is 0 Å². The minimum atomic E-state index is -3.45. The molecule has 0 unspecified atom stereocenters. The normalized spacial score (nSPS) is 11.5. The van der Waals surface area contributed by atoms with Crippen molar-refractivity contribution >= 4 is 39.1 Å². The lowest BCUT2D eigenvalue weighted by Crippen LogP contribution is -2.23. The number of rotatable bonds is 9. The van der Waals surface area contributed by atoms with Crippen LogP contribution in [0.15, 0.2) is 47.4 Å². The number of halogens is 2. The molecule has 0 aromatic heterocycles. The zero-order valence-electron chi connectivity index (χ0n) is 15.6. The van der Waals surface area contributed by atoms with Gasteiger partial charge in [-0.25, -0.2) is 12.7 Å². The molecule has 0 saturated carbocycles. The molecule has 2 rings (SSSR count). The Morgan fingerprint density at radius 2 is 1.79 bits per heavy atom. The van der Waals surface area contributed by atoms with E-state index in [9.17, 15) is 13.2 Å². The molecular formula is C19H22Cl2N2O4S. The number of carbonyl (C=O) groups is 1. The Morgan fingerprint density at radius 3 is 2.39 bits per heavy atom. The Balaban J connectivity index is 1.74. The number of amides is 1. The van der Waals surface area contributed by atoms with Gasteiger partial charge in [0.25, 0.3) is 0 Å². The van der Waals surface area contributed by atoms with Gasteiger partial charge in [-0.05, 0) is 42.3 Å². The fourth-order valence-electron chi connectivity index (χ4n) is 2.29. The molecule has 28 heavy (non-hydrogen) atoms. The van der Waals surface area contributed by atoms with Crippen LogP contribution < -0.4 is 10.1 Å². The standard InChI is InChI=1S/C19H22Cl2N2O4S/c1-23(2)28(25,26)16-8-5-14(6-9-16)13-22-19(24)4-3-11-27-18-10-7-15(20)12-17(18)21/h5-10,12H,3-4,11,13H2,1-2H3,(H,22,24). The van der Waals surface area contributed by atoms with Crippen molar-refractivity contribution in [2.75, 3.05) is 20.7 Å². The van der Waals surface area contributed by atoms with Gasteiger partial charge in [0.2, 0.25) is 15.9 Å². The van der Waals surface area contributed by atoms with Gasteiger partial charge < -0.3 is 10.1 Å². The van der Waals surface area contributed by atoms with E-state index in [0.717, 1.165) is 9.87 Å². The lowest BCUT2D eigenvalue weighted by Gasteiger charge is -2.12. The largest absolute Gasteiger partial charge is 0.492 e. The maximum atomic E-state index is 12.0. The minimum absolute atomic E-state index is 0.115. The van der Waals surface area contributed by atoms with Crippen LogP contribution in [0.2, 0.25) is 10.0 Å². The van der Waals surface area contributed by atoms with Gasteiger partial charge in [-0.1, -0.05) is 35.3 Å². The second kappa shape index (κ2) is 10.1. The average Bonchev–Trinajstić information content (AvgIpc) is 2.65. The van der Waals surface area contributed by atoms with Crippen LogP contribution in [0.4, 0.5) is 0 Å². The second-order valence-electron chi connectivity index (χ2n) is 6.23. The molecule has 0 saturated heterocycles. The molecule has 0 heterocycles. The predicted molar refractivity (Wildman–Crippen MR) is 110 cm³/mol. The summed E-state index contributed by atoms with van der Waals surface area (Å²) in [5, 5.41) is 3.76. The number of carbonyl (C=O) groups excluding carboxylic acids is 1. The van der Waals surface area contributed by atoms with E-state index < -0.39 is 10.0 Å². The Labute approximate surface area is 175 Å². The third-order valence-electron chi connectivity index (χ3n) is 3.89. The van der Waals surface area contributed by atoms with Crippen LogP contribution in [0.3, 0.4) is 0 Å². The number of sulfonamides is 1. The van der Waals surface area contributed by atoms with Crippen molar-refractivity contribution in [2.24, 2.45) is 0 Å². The summed E-state index contributed by atoms with van der Waals surface area (Å²) in [7, 11) is -0.493. The van der Waals surface area contributed by atoms with Gasteiger partial charge in [0, 0.05) is 32.1 Å². The quantitative estimate of drug-likeness (QED) is 0.597. The Morgan fingerprint density at radius 1 is 1.11 bits per heavy atom. The first-order valence-electron chi connectivity index (χ1n) is 8.56. The molecule has 2 aromatic carbocycles. The number of nitrogens with one attached hydrogen (secondary N) is 1. The van der Waals surface area contributed by atoms with Gasteiger partial charge in [0.05, 0.1) is 16.5 Å². The molecule has 2 aromatic rings. The molecule has 0 radical (unpaired) electrons. The third kappa shape index (κ3) is 6.38. The number of benzene rings is 2. The molecule has 6 nitrogen and oxygen atoms in total. The van der Waals surface area contributed by atoms with Crippen LogP contribution in [0.25, 0.3) is 0 Å². The maximum absolute atomic E-state index is 12.0. The van der Waals surface area contributed by atoms with E-state index in [1.165, 1.54) is 26.2 Å². The van der Waals surface area contributed by atoms with Gasteiger partial charge in [-0.2, -0.15) is 0 Å². The summed E-state index contributed by atoms with van der Waals surface area (Å²) in [6, 6.07) is 11.4. The first kappa shape index (κ1) is 22.5. The first-order valence-corrected chi connectivity index (χ1v) is 10.8. The molecule has 0 atom stereocenters. The van der Waals surface area contributed by atoms with E-state index in [0.29, 0.717) is 41.8 Å². The highest BCUT2D eigenvalue weighted by atomic mass is 35.5. The average molecular weight is 445 g/mol. The highest BCUT2D eigenvalue weighted by Crippen LogP contribution is 2.27. The third-order valence-corrected chi connectivity index (χ3v) is 6.25. The Hall–Kier alpha value is -1.80. The molecule has 0 fully saturated rings. The summed E-state index contributed by atoms with van der Waals surface area (Å²) < 4.78 is 30.7. The van der Waals surface area contributed by atoms with Crippen LogP contribution in [0.1, 0.15) is 18.4 Å². The van der Waals surface area contributed by atoms with E-state index >= 15 is 0 Å². The number of ether oxygens (including phenoxy) is 1. The molecule has 1 N–H and O–H groups in total. The lowest BCUT2D eigenvalue weighted by atomic mass is 10.2. The van der Waals surface area contributed by atoms with Gasteiger partial charge in [-0.15, -0.1) is 0 Å². The zero-order chi connectivity index (χ0) is 20.7. The molecule has 0 aliphatic heterocycles. The summed E-state index contributed by atoms with van der Waals surface area (Å²) in [5.74, 6) is 0.412. The summed E-state index contributed by atoms with van der Waals surface area (Å²) in [6.07, 6.45) is 0.836. The fourth-order valence-corrected chi connectivity index (χ4v) is 3.65. The second-order valence-corrected chi connectivity index (χ2v) is 9.23. The van der Waals surface area contributed by atoms with Gasteiger partial charge in [-0.3, -0.25) is 4.79 Å². The Kier molecular flexibility index (Phi) is 8.12. The SMILES string of the molecule is CN(C)S(=O)(=O)c1ccc(CNC(=O)CCCOc2ccc(Cl)cc2Cl)cc1. The molecule has 0 bridgehead atoms. The van der Waals surface area contributed by atoms with Gasteiger partial charge >= 0.3 is 0 Å².